The van der Waals surface area contributed by atoms with Gasteiger partial charge in [0, 0.05) is 24.8 Å². The normalized spacial score (nSPS) is 16.1. The summed E-state index contributed by atoms with van der Waals surface area (Å²) in [7, 11) is -3.51. The number of aromatic hydroxyl groups is 1. The van der Waals surface area contributed by atoms with Crippen molar-refractivity contribution in [1.82, 2.24) is 9.29 Å². The number of hydrogen-bond acceptors (Lipinski definition) is 3. The maximum atomic E-state index is 12.9. The van der Waals surface area contributed by atoms with Crippen LogP contribution in [0.4, 0.5) is 0 Å². The van der Waals surface area contributed by atoms with E-state index in [0.29, 0.717) is 24.4 Å². The third kappa shape index (κ3) is 2.94. The number of benzene rings is 2. The number of phenolic OH excluding ortho intramolecular Hbond substituents is 1. The lowest BCUT2D eigenvalue weighted by Gasteiger charge is -2.26. The summed E-state index contributed by atoms with van der Waals surface area (Å²) in [6.07, 6.45) is 4.39. The van der Waals surface area contributed by atoms with Gasteiger partial charge in [0.1, 0.15) is 5.75 Å². The Bertz CT molecular complexity index is 1050. The molecule has 1 aromatic heterocycles. The number of fused-ring (bicyclic) bond motifs is 1. The van der Waals surface area contributed by atoms with Crippen molar-refractivity contribution in [3.63, 3.8) is 0 Å². The number of nitrogens with zero attached hydrogens (tertiary/aromatic N) is 1. The van der Waals surface area contributed by atoms with Crippen LogP contribution in [0.5, 0.6) is 5.75 Å². The van der Waals surface area contributed by atoms with E-state index in [-0.39, 0.29) is 5.75 Å². The molecule has 0 atom stereocenters. The fourth-order valence-electron chi connectivity index (χ4n) is 3.14. The molecule has 0 unspecified atom stereocenters. The number of rotatable bonds is 3. The molecule has 0 saturated carbocycles. The molecule has 25 heavy (non-hydrogen) atoms. The minimum Gasteiger partial charge on any atom is -0.508 e. The second-order valence-corrected chi connectivity index (χ2v) is 8.05. The van der Waals surface area contributed by atoms with Crippen LogP contribution in [-0.2, 0) is 10.0 Å². The summed E-state index contributed by atoms with van der Waals surface area (Å²) in [5.74, 6) is 0.226. The maximum absolute atomic E-state index is 12.9. The smallest absolute Gasteiger partial charge is 0.243 e. The van der Waals surface area contributed by atoms with E-state index in [0.717, 1.165) is 22.0 Å². The molecule has 0 bridgehead atoms. The molecule has 1 aliphatic heterocycles. The molecule has 128 valence electrons. The van der Waals surface area contributed by atoms with Crippen molar-refractivity contribution in [2.45, 2.75) is 11.3 Å². The largest absolute Gasteiger partial charge is 0.508 e. The Hall–Kier alpha value is -2.57. The van der Waals surface area contributed by atoms with Crippen LogP contribution >= 0.6 is 0 Å². The van der Waals surface area contributed by atoms with Crippen molar-refractivity contribution < 1.29 is 13.5 Å². The predicted octanol–water partition coefficient (Wildman–Crippen LogP) is 3.35. The van der Waals surface area contributed by atoms with Crippen molar-refractivity contribution in [2.75, 3.05) is 13.1 Å². The summed E-state index contributed by atoms with van der Waals surface area (Å²) in [5, 5.41) is 10.4. The highest BCUT2D eigenvalue weighted by atomic mass is 32.2. The van der Waals surface area contributed by atoms with E-state index in [4.69, 9.17) is 0 Å². The molecule has 1 aliphatic rings. The topological polar surface area (TPSA) is 73.4 Å². The first-order valence-corrected chi connectivity index (χ1v) is 9.54. The van der Waals surface area contributed by atoms with Gasteiger partial charge in [0.2, 0.25) is 10.0 Å². The van der Waals surface area contributed by atoms with Gasteiger partial charge in [0.05, 0.1) is 4.90 Å². The minimum atomic E-state index is -3.51. The highest BCUT2D eigenvalue weighted by Crippen LogP contribution is 2.28. The van der Waals surface area contributed by atoms with E-state index in [1.165, 1.54) is 4.31 Å². The number of hydrogen-bond donors (Lipinski definition) is 2. The molecule has 2 heterocycles. The van der Waals surface area contributed by atoms with Gasteiger partial charge in [-0.25, -0.2) is 8.42 Å². The van der Waals surface area contributed by atoms with Gasteiger partial charge < -0.3 is 10.1 Å². The van der Waals surface area contributed by atoms with Gasteiger partial charge in [0.25, 0.3) is 0 Å². The van der Waals surface area contributed by atoms with Gasteiger partial charge in [-0.05, 0) is 53.3 Å². The Balaban J connectivity index is 1.59. The quantitative estimate of drug-likeness (QED) is 0.757. The van der Waals surface area contributed by atoms with Gasteiger partial charge in [-0.15, -0.1) is 0 Å². The summed E-state index contributed by atoms with van der Waals surface area (Å²) in [6, 6.07) is 14.1. The summed E-state index contributed by atoms with van der Waals surface area (Å²) in [6.45, 7) is 0.791. The van der Waals surface area contributed by atoms with Gasteiger partial charge in [0.15, 0.2) is 0 Å². The monoisotopic (exact) mass is 354 g/mol. The minimum absolute atomic E-state index is 0.226. The number of nitrogens with one attached hydrogen (secondary N) is 1. The molecule has 3 aromatic rings. The van der Waals surface area contributed by atoms with E-state index >= 15 is 0 Å². The zero-order chi connectivity index (χ0) is 17.4. The van der Waals surface area contributed by atoms with E-state index < -0.39 is 10.0 Å². The van der Waals surface area contributed by atoms with Crippen molar-refractivity contribution >= 4 is 26.5 Å². The molecule has 2 N–H and O–H groups in total. The van der Waals surface area contributed by atoms with Crippen molar-refractivity contribution in [3.05, 3.63) is 66.4 Å². The molecular formula is C19H18N2O3S. The SMILES string of the molecule is O=S(=O)(c1ccc2cc[nH]c2c1)N1CC=C(c2ccc(O)cc2)CC1. The molecule has 0 fully saturated rings. The second kappa shape index (κ2) is 6.06. The first-order valence-electron chi connectivity index (χ1n) is 8.10. The fourth-order valence-corrected chi connectivity index (χ4v) is 4.55. The van der Waals surface area contributed by atoms with Crippen molar-refractivity contribution in [2.24, 2.45) is 0 Å². The van der Waals surface area contributed by atoms with Crippen LogP contribution in [0.25, 0.3) is 16.5 Å². The van der Waals surface area contributed by atoms with E-state index in [1.54, 1.807) is 30.5 Å². The molecule has 2 aromatic carbocycles. The highest BCUT2D eigenvalue weighted by molar-refractivity contribution is 7.89. The van der Waals surface area contributed by atoms with Crippen LogP contribution in [0.3, 0.4) is 0 Å². The highest BCUT2D eigenvalue weighted by Gasteiger charge is 2.26. The number of aromatic nitrogens is 1. The average Bonchev–Trinajstić information content (AvgIpc) is 3.10. The maximum Gasteiger partial charge on any atom is 0.243 e. The Kier molecular flexibility index (Phi) is 3.86. The van der Waals surface area contributed by atoms with Crippen molar-refractivity contribution in [3.8, 4) is 5.75 Å². The number of phenols is 1. The second-order valence-electron chi connectivity index (χ2n) is 6.12. The Morgan fingerprint density at radius 3 is 2.56 bits per heavy atom. The zero-order valence-corrected chi connectivity index (χ0v) is 14.3. The van der Waals surface area contributed by atoms with E-state index in [1.807, 2.05) is 30.3 Å². The molecule has 4 rings (SSSR count). The van der Waals surface area contributed by atoms with Gasteiger partial charge in [-0.2, -0.15) is 4.31 Å². The average molecular weight is 354 g/mol. The zero-order valence-electron chi connectivity index (χ0n) is 13.5. The van der Waals surface area contributed by atoms with Crippen LogP contribution in [-0.4, -0.2) is 35.9 Å². The lowest BCUT2D eigenvalue weighted by molar-refractivity contribution is 0.441. The standard InChI is InChI=1S/C19H18N2O3S/c22-17-4-1-14(2-5-17)15-8-11-21(12-9-15)25(23,24)18-6-3-16-7-10-20-19(16)13-18/h1-8,10,13,20,22H,9,11-12H2. The summed E-state index contributed by atoms with van der Waals surface area (Å²) < 4.78 is 27.3. The molecule has 0 saturated heterocycles. The third-order valence-electron chi connectivity index (χ3n) is 4.57. The number of H-pyrrole nitrogens is 1. The summed E-state index contributed by atoms with van der Waals surface area (Å²) >= 11 is 0. The van der Waals surface area contributed by atoms with Crippen LogP contribution in [0.2, 0.25) is 0 Å². The van der Waals surface area contributed by atoms with E-state index in [2.05, 4.69) is 4.98 Å². The van der Waals surface area contributed by atoms with Gasteiger partial charge in [-0.3, -0.25) is 0 Å². The van der Waals surface area contributed by atoms with Crippen molar-refractivity contribution in [1.29, 1.82) is 0 Å². The van der Waals surface area contributed by atoms with Gasteiger partial charge >= 0.3 is 0 Å². The van der Waals surface area contributed by atoms with Crippen LogP contribution in [0.15, 0.2) is 65.7 Å². The Morgan fingerprint density at radius 2 is 1.84 bits per heavy atom. The fraction of sp³-hybridized carbons (Fsp3) is 0.158. The number of sulfonamides is 1. The molecule has 0 amide bonds. The van der Waals surface area contributed by atoms with Crippen LogP contribution in [0.1, 0.15) is 12.0 Å². The lowest BCUT2D eigenvalue weighted by atomic mass is 10.0. The molecule has 6 heteroatoms. The molecule has 0 radical (unpaired) electrons. The first-order chi connectivity index (χ1) is 12.0. The third-order valence-corrected chi connectivity index (χ3v) is 6.44. The van der Waals surface area contributed by atoms with Crippen LogP contribution in [0, 0.1) is 0 Å². The summed E-state index contributed by atoms with van der Waals surface area (Å²) in [4.78, 5) is 3.36. The summed E-state index contributed by atoms with van der Waals surface area (Å²) in [5.41, 5.74) is 2.94. The Labute approximate surface area is 146 Å². The molecule has 0 spiro atoms. The van der Waals surface area contributed by atoms with Gasteiger partial charge in [-0.1, -0.05) is 24.3 Å². The Morgan fingerprint density at radius 1 is 1.04 bits per heavy atom. The number of aromatic amines is 1. The van der Waals surface area contributed by atoms with Crippen LogP contribution < -0.4 is 0 Å². The first kappa shape index (κ1) is 15.9. The molecule has 0 aliphatic carbocycles. The lowest BCUT2D eigenvalue weighted by Crippen LogP contribution is -2.34. The molecular weight excluding hydrogens is 336 g/mol. The predicted molar refractivity (Wildman–Crippen MR) is 97.8 cm³/mol. The molecule has 5 nitrogen and oxygen atoms in total. The van der Waals surface area contributed by atoms with E-state index in [9.17, 15) is 13.5 Å².